The number of nitrogens with zero attached hydrogens (tertiary/aromatic N) is 2. The fourth-order valence-electron chi connectivity index (χ4n) is 1.11. The summed E-state index contributed by atoms with van der Waals surface area (Å²) in [6.45, 7) is 5.92. The Labute approximate surface area is 82.7 Å². The molecule has 13 heavy (non-hydrogen) atoms. The smallest absolute Gasteiger partial charge is 0.154 e. The van der Waals surface area contributed by atoms with Crippen LogP contribution in [0.1, 0.15) is 32.3 Å². The SMILES string of the molecule is CC(=O)Cn1cc(C(C)C)c(Cl)n1. The van der Waals surface area contributed by atoms with Crippen molar-refractivity contribution in [2.75, 3.05) is 0 Å². The first-order valence-electron chi connectivity index (χ1n) is 4.23. The normalized spacial score (nSPS) is 10.8. The van der Waals surface area contributed by atoms with E-state index in [9.17, 15) is 4.79 Å². The molecule has 0 N–H and O–H groups in total. The summed E-state index contributed by atoms with van der Waals surface area (Å²) in [7, 11) is 0. The largest absolute Gasteiger partial charge is 0.298 e. The average molecular weight is 201 g/mol. The third-order valence-corrected chi connectivity index (χ3v) is 2.04. The van der Waals surface area contributed by atoms with Crippen molar-refractivity contribution < 1.29 is 4.79 Å². The minimum atomic E-state index is 0.0782. The molecule has 0 aromatic carbocycles. The number of ketones is 1. The highest BCUT2D eigenvalue weighted by atomic mass is 35.5. The lowest BCUT2D eigenvalue weighted by molar-refractivity contribution is -0.117. The first-order chi connectivity index (χ1) is 6.00. The summed E-state index contributed by atoms with van der Waals surface area (Å²) in [5.74, 6) is 0.419. The Kier molecular flexibility index (Phi) is 3.09. The molecule has 0 aliphatic rings. The maximum Gasteiger partial charge on any atom is 0.154 e. The number of halogens is 1. The minimum Gasteiger partial charge on any atom is -0.298 e. The molecule has 0 aliphatic heterocycles. The van der Waals surface area contributed by atoms with Crippen LogP contribution >= 0.6 is 11.6 Å². The van der Waals surface area contributed by atoms with Gasteiger partial charge in [-0.1, -0.05) is 25.4 Å². The quantitative estimate of drug-likeness (QED) is 0.750. The highest BCUT2D eigenvalue weighted by molar-refractivity contribution is 6.30. The monoisotopic (exact) mass is 200 g/mol. The summed E-state index contributed by atoms with van der Waals surface area (Å²) in [6.07, 6.45) is 1.83. The second-order valence-electron chi connectivity index (χ2n) is 3.43. The number of hydrogen-bond donors (Lipinski definition) is 0. The van der Waals surface area contributed by atoms with Gasteiger partial charge in [0.2, 0.25) is 0 Å². The van der Waals surface area contributed by atoms with E-state index in [2.05, 4.69) is 5.10 Å². The second-order valence-corrected chi connectivity index (χ2v) is 3.79. The predicted octanol–water partition coefficient (Wildman–Crippen LogP) is 2.25. The summed E-state index contributed by atoms with van der Waals surface area (Å²) in [5.41, 5.74) is 0.989. The van der Waals surface area contributed by atoms with Gasteiger partial charge in [-0.25, -0.2) is 0 Å². The zero-order valence-electron chi connectivity index (χ0n) is 8.04. The highest BCUT2D eigenvalue weighted by Crippen LogP contribution is 2.22. The van der Waals surface area contributed by atoms with Crippen LogP contribution in [0.15, 0.2) is 6.20 Å². The van der Waals surface area contributed by atoms with E-state index in [1.807, 2.05) is 20.0 Å². The lowest BCUT2D eigenvalue weighted by Crippen LogP contribution is -2.06. The Morgan fingerprint density at radius 2 is 2.31 bits per heavy atom. The zero-order valence-corrected chi connectivity index (χ0v) is 8.80. The Hall–Kier alpha value is -0.830. The van der Waals surface area contributed by atoms with Crippen LogP contribution in [0.25, 0.3) is 0 Å². The second kappa shape index (κ2) is 3.92. The molecule has 1 rings (SSSR count). The van der Waals surface area contributed by atoms with Gasteiger partial charge in [-0.15, -0.1) is 0 Å². The third kappa shape index (κ3) is 2.56. The summed E-state index contributed by atoms with van der Waals surface area (Å²) in [4.78, 5) is 10.8. The minimum absolute atomic E-state index is 0.0782. The maximum atomic E-state index is 10.8. The Morgan fingerprint density at radius 3 is 2.69 bits per heavy atom. The number of hydrogen-bond acceptors (Lipinski definition) is 2. The van der Waals surface area contributed by atoms with Crippen molar-refractivity contribution in [3.8, 4) is 0 Å². The van der Waals surface area contributed by atoms with E-state index in [0.717, 1.165) is 5.56 Å². The van der Waals surface area contributed by atoms with Gasteiger partial charge in [0.05, 0.1) is 6.54 Å². The molecule has 4 heteroatoms. The number of carbonyl (C=O) groups is 1. The molecule has 0 saturated heterocycles. The molecule has 72 valence electrons. The first-order valence-corrected chi connectivity index (χ1v) is 4.60. The van der Waals surface area contributed by atoms with Gasteiger partial charge in [0.1, 0.15) is 0 Å². The van der Waals surface area contributed by atoms with Gasteiger partial charge >= 0.3 is 0 Å². The van der Waals surface area contributed by atoms with Crippen LogP contribution in [0.3, 0.4) is 0 Å². The van der Waals surface area contributed by atoms with E-state index in [4.69, 9.17) is 11.6 Å². The lowest BCUT2D eigenvalue weighted by Gasteiger charge is -1.98. The van der Waals surface area contributed by atoms with E-state index >= 15 is 0 Å². The van der Waals surface area contributed by atoms with Crippen molar-refractivity contribution >= 4 is 17.4 Å². The van der Waals surface area contributed by atoms with Crippen molar-refractivity contribution in [1.29, 1.82) is 0 Å². The van der Waals surface area contributed by atoms with E-state index in [-0.39, 0.29) is 5.78 Å². The predicted molar refractivity (Wildman–Crippen MR) is 52.0 cm³/mol. The number of carbonyl (C=O) groups excluding carboxylic acids is 1. The first kappa shape index (κ1) is 10.3. The van der Waals surface area contributed by atoms with Gasteiger partial charge in [-0.05, 0) is 12.8 Å². The van der Waals surface area contributed by atoms with Gasteiger partial charge in [0.15, 0.2) is 10.9 Å². The standard InChI is InChI=1S/C9H13ClN2O/c1-6(2)8-5-12(4-7(3)13)11-9(8)10/h5-6H,4H2,1-3H3. The summed E-state index contributed by atoms with van der Waals surface area (Å²) in [6, 6.07) is 0. The zero-order chi connectivity index (χ0) is 10.0. The number of aromatic nitrogens is 2. The molecule has 0 amide bonds. The van der Waals surface area contributed by atoms with Crippen molar-refractivity contribution in [1.82, 2.24) is 9.78 Å². The fourth-order valence-corrected chi connectivity index (χ4v) is 1.47. The van der Waals surface area contributed by atoms with Crippen LogP contribution in [0, 0.1) is 0 Å². The molecule has 0 spiro atoms. The molecule has 1 heterocycles. The van der Waals surface area contributed by atoms with E-state index in [1.54, 1.807) is 4.68 Å². The third-order valence-electron chi connectivity index (χ3n) is 1.75. The van der Waals surface area contributed by atoms with Crippen molar-refractivity contribution in [2.45, 2.75) is 33.2 Å². The molecule has 3 nitrogen and oxygen atoms in total. The summed E-state index contributed by atoms with van der Waals surface area (Å²) < 4.78 is 1.58. The molecular formula is C9H13ClN2O. The van der Waals surface area contributed by atoms with Crippen LogP contribution < -0.4 is 0 Å². The Balaban J connectivity index is 2.88. The maximum absolute atomic E-state index is 10.8. The van der Waals surface area contributed by atoms with Gasteiger partial charge in [0.25, 0.3) is 0 Å². The Morgan fingerprint density at radius 1 is 1.69 bits per heavy atom. The molecule has 0 atom stereocenters. The molecule has 0 fully saturated rings. The molecular weight excluding hydrogens is 188 g/mol. The van der Waals surface area contributed by atoms with Crippen molar-refractivity contribution in [2.24, 2.45) is 0 Å². The van der Waals surface area contributed by atoms with Crippen LogP contribution in [0.5, 0.6) is 0 Å². The van der Waals surface area contributed by atoms with Gasteiger partial charge in [0, 0.05) is 11.8 Å². The van der Waals surface area contributed by atoms with Gasteiger partial charge in [-0.2, -0.15) is 5.10 Å². The van der Waals surface area contributed by atoms with Crippen LogP contribution in [0.2, 0.25) is 5.15 Å². The van der Waals surface area contributed by atoms with Crippen molar-refractivity contribution in [3.05, 3.63) is 16.9 Å². The van der Waals surface area contributed by atoms with Crippen LogP contribution in [-0.4, -0.2) is 15.6 Å². The molecule has 0 bridgehead atoms. The van der Waals surface area contributed by atoms with Crippen LogP contribution in [-0.2, 0) is 11.3 Å². The highest BCUT2D eigenvalue weighted by Gasteiger charge is 2.10. The topological polar surface area (TPSA) is 34.9 Å². The molecule has 0 unspecified atom stereocenters. The van der Waals surface area contributed by atoms with Crippen LogP contribution in [0.4, 0.5) is 0 Å². The fraction of sp³-hybridized carbons (Fsp3) is 0.556. The van der Waals surface area contributed by atoms with Gasteiger partial charge < -0.3 is 0 Å². The van der Waals surface area contributed by atoms with Gasteiger partial charge in [-0.3, -0.25) is 9.48 Å². The number of rotatable bonds is 3. The molecule has 1 aromatic heterocycles. The molecule has 1 aromatic rings. The number of Topliss-reactive ketones (excluding diaryl/α,β-unsaturated/α-hetero) is 1. The summed E-state index contributed by atoms with van der Waals surface area (Å²) >= 11 is 5.88. The lowest BCUT2D eigenvalue weighted by atomic mass is 10.1. The average Bonchev–Trinajstić information content (AvgIpc) is 2.29. The van der Waals surface area contributed by atoms with E-state index in [0.29, 0.717) is 17.6 Å². The van der Waals surface area contributed by atoms with E-state index in [1.165, 1.54) is 6.92 Å². The Bertz CT molecular complexity index is 317. The molecule has 0 radical (unpaired) electrons. The van der Waals surface area contributed by atoms with Crippen molar-refractivity contribution in [3.63, 3.8) is 0 Å². The summed E-state index contributed by atoms with van der Waals surface area (Å²) in [5, 5.41) is 4.53. The molecule has 0 aliphatic carbocycles. The molecule has 0 saturated carbocycles. The van der Waals surface area contributed by atoms with E-state index < -0.39 is 0 Å².